The Balaban J connectivity index is 1.49. The number of benzene rings is 1. The van der Waals surface area contributed by atoms with Crippen LogP contribution in [0, 0.1) is 6.92 Å². The lowest BCUT2D eigenvalue weighted by molar-refractivity contribution is -0.119. The zero-order chi connectivity index (χ0) is 23.1. The predicted molar refractivity (Wildman–Crippen MR) is 120 cm³/mol. The van der Waals surface area contributed by atoms with E-state index in [4.69, 9.17) is 13.9 Å². The number of hydrogen-bond donors (Lipinski definition) is 1. The highest BCUT2D eigenvalue weighted by Gasteiger charge is 2.25. The molecule has 1 aliphatic heterocycles. The summed E-state index contributed by atoms with van der Waals surface area (Å²) >= 11 is 0. The highest BCUT2D eigenvalue weighted by molar-refractivity contribution is 7.84. The summed E-state index contributed by atoms with van der Waals surface area (Å²) in [6.45, 7) is 4.93. The van der Waals surface area contributed by atoms with Crippen LogP contribution in [0.15, 0.2) is 28.7 Å². The molecule has 0 radical (unpaired) electrons. The molecule has 174 valence electrons. The van der Waals surface area contributed by atoms with Gasteiger partial charge in [-0.2, -0.15) is 0 Å². The molecule has 0 bridgehead atoms. The number of carbonyl (C=O) groups excluding carboxylic acids is 2. The van der Waals surface area contributed by atoms with Crippen molar-refractivity contribution in [3.05, 3.63) is 35.7 Å². The molecule has 9 nitrogen and oxygen atoms in total. The summed E-state index contributed by atoms with van der Waals surface area (Å²) in [5.74, 6) is 1.43. The van der Waals surface area contributed by atoms with Gasteiger partial charge in [0.2, 0.25) is 11.8 Å². The predicted octanol–water partition coefficient (Wildman–Crippen LogP) is 2.64. The number of ether oxygens (including phenoxy) is 2. The molecular formula is C22H29N3O6S. The maximum absolute atomic E-state index is 12.6. The molecule has 1 unspecified atom stereocenters. The number of likely N-dealkylation sites (tertiary alicyclic amines) is 1. The Labute approximate surface area is 189 Å². The van der Waals surface area contributed by atoms with Crippen molar-refractivity contribution in [3.8, 4) is 17.2 Å². The molecular weight excluding hydrogens is 434 g/mol. The molecule has 3 rings (SSSR count). The van der Waals surface area contributed by atoms with E-state index in [9.17, 15) is 13.8 Å². The van der Waals surface area contributed by atoms with Gasteiger partial charge in [0, 0.05) is 35.5 Å². The Morgan fingerprint density at radius 2 is 2.06 bits per heavy atom. The molecule has 0 spiro atoms. The third-order valence-corrected chi connectivity index (χ3v) is 6.36. The van der Waals surface area contributed by atoms with Gasteiger partial charge in [0.25, 0.3) is 0 Å². The second-order valence-electron chi connectivity index (χ2n) is 7.51. The first-order chi connectivity index (χ1) is 15.4. The van der Waals surface area contributed by atoms with E-state index in [1.54, 1.807) is 25.9 Å². The van der Waals surface area contributed by atoms with Gasteiger partial charge in [0.1, 0.15) is 17.3 Å². The molecule has 1 saturated heterocycles. The highest BCUT2D eigenvalue weighted by Crippen LogP contribution is 2.25. The van der Waals surface area contributed by atoms with Crippen molar-refractivity contribution in [2.75, 3.05) is 32.6 Å². The number of nitrogens with zero attached hydrogens (tertiary/aromatic N) is 2. The van der Waals surface area contributed by atoms with E-state index in [-0.39, 0.29) is 29.5 Å². The van der Waals surface area contributed by atoms with Crippen molar-refractivity contribution in [1.82, 2.24) is 15.2 Å². The Morgan fingerprint density at radius 3 is 2.75 bits per heavy atom. The number of nitrogens with one attached hydrogen (secondary N) is 1. The van der Waals surface area contributed by atoms with Crippen LogP contribution in [0.1, 0.15) is 31.2 Å². The Hall–Kier alpha value is -2.88. The number of piperidine rings is 1. The zero-order valence-electron chi connectivity index (χ0n) is 18.6. The number of methoxy groups -OCH3 is 1. The molecule has 2 heterocycles. The van der Waals surface area contributed by atoms with Gasteiger partial charge < -0.3 is 24.1 Å². The Kier molecular flexibility index (Phi) is 8.26. The normalized spacial score (nSPS) is 15.3. The number of rotatable bonds is 8. The van der Waals surface area contributed by atoms with Crippen LogP contribution >= 0.6 is 0 Å². The molecule has 1 aliphatic rings. The molecule has 1 aromatic carbocycles. The van der Waals surface area contributed by atoms with Gasteiger partial charge >= 0.3 is 6.09 Å². The minimum Gasteiger partial charge on any atom is -0.497 e. The van der Waals surface area contributed by atoms with Crippen molar-refractivity contribution >= 4 is 22.8 Å². The summed E-state index contributed by atoms with van der Waals surface area (Å²) in [6.07, 6.45) is 0.960. The maximum Gasteiger partial charge on any atom is 0.409 e. The second-order valence-corrected chi connectivity index (χ2v) is 8.97. The summed E-state index contributed by atoms with van der Waals surface area (Å²) in [5.41, 5.74) is 1.33. The topological polar surface area (TPSA) is 111 Å². The summed E-state index contributed by atoms with van der Waals surface area (Å²) in [4.78, 5) is 30.2. The summed E-state index contributed by atoms with van der Waals surface area (Å²) in [6, 6.07) is 7.29. The number of amides is 2. The highest BCUT2D eigenvalue weighted by atomic mass is 32.2. The molecule has 0 aliphatic carbocycles. The minimum absolute atomic E-state index is 0.0429. The average Bonchev–Trinajstić information content (AvgIpc) is 3.14. The Morgan fingerprint density at radius 1 is 1.31 bits per heavy atom. The lowest BCUT2D eigenvalue weighted by atomic mass is 10.1. The van der Waals surface area contributed by atoms with E-state index in [2.05, 4.69) is 10.3 Å². The number of oxazole rings is 1. The fourth-order valence-electron chi connectivity index (χ4n) is 3.48. The first-order valence-corrected chi connectivity index (χ1v) is 12.0. The average molecular weight is 464 g/mol. The van der Waals surface area contributed by atoms with Crippen molar-refractivity contribution in [3.63, 3.8) is 0 Å². The van der Waals surface area contributed by atoms with Crippen LogP contribution in [-0.2, 0) is 26.1 Å². The van der Waals surface area contributed by atoms with Crippen LogP contribution in [0.25, 0.3) is 11.5 Å². The van der Waals surface area contributed by atoms with Gasteiger partial charge in [-0.3, -0.25) is 9.00 Å². The van der Waals surface area contributed by atoms with E-state index in [0.29, 0.717) is 55.6 Å². The zero-order valence-corrected chi connectivity index (χ0v) is 19.4. The van der Waals surface area contributed by atoms with E-state index in [1.807, 2.05) is 24.3 Å². The van der Waals surface area contributed by atoms with Crippen molar-refractivity contribution < 1.29 is 27.7 Å². The van der Waals surface area contributed by atoms with Gasteiger partial charge in [0.05, 0.1) is 25.2 Å². The molecule has 1 fully saturated rings. The van der Waals surface area contributed by atoms with Crippen LogP contribution in [0.2, 0.25) is 0 Å². The van der Waals surface area contributed by atoms with E-state index < -0.39 is 10.8 Å². The largest absolute Gasteiger partial charge is 0.497 e. The van der Waals surface area contributed by atoms with Crippen LogP contribution < -0.4 is 10.1 Å². The molecule has 1 aromatic heterocycles. The van der Waals surface area contributed by atoms with Crippen LogP contribution in [0.3, 0.4) is 0 Å². The monoisotopic (exact) mass is 463 g/mol. The fraction of sp³-hybridized carbons (Fsp3) is 0.500. The van der Waals surface area contributed by atoms with E-state index in [1.165, 1.54) is 0 Å². The summed E-state index contributed by atoms with van der Waals surface area (Å²) < 4.78 is 28.5. The molecule has 1 atom stereocenters. The Bertz CT molecular complexity index is 968. The SMILES string of the molecule is CCOC(=O)N1CCC(NC(=O)CS(=O)Cc2nc(-c3cccc(OC)c3)oc2C)CC1. The molecule has 2 aromatic rings. The third kappa shape index (κ3) is 6.32. The lowest BCUT2D eigenvalue weighted by Gasteiger charge is -2.31. The summed E-state index contributed by atoms with van der Waals surface area (Å²) in [5, 5.41) is 2.92. The second kappa shape index (κ2) is 11.1. The molecule has 1 N–H and O–H groups in total. The van der Waals surface area contributed by atoms with Crippen molar-refractivity contribution in [1.29, 1.82) is 0 Å². The first kappa shape index (κ1) is 23.8. The fourth-order valence-corrected chi connectivity index (χ4v) is 4.53. The van der Waals surface area contributed by atoms with Crippen molar-refractivity contribution in [2.24, 2.45) is 0 Å². The lowest BCUT2D eigenvalue weighted by Crippen LogP contribution is -2.47. The number of aryl methyl sites for hydroxylation is 1. The summed E-state index contributed by atoms with van der Waals surface area (Å²) in [7, 11) is 0.161. The third-order valence-electron chi connectivity index (χ3n) is 5.19. The van der Waals surface area contributed by atoms with Crippen LogP contribution in [0.5, 0.6) is 5.75 Å². The standard InChI is InChI=1S/C22H29N3O6S/c1-4-30-22(27)25-10-8-17(9-11-25)23-20(26)14-32(28)13-19-15(2)31-21(24-19)16-6-5-7-18(12-16)29-3/h5-7,12,17H,4,8-11,13-14H2,1-3H3,(H,23,26). The van der Waals surface area contributed by atoms with Crippen LogP contribution in [0.4, 0.5) is 4.79 Å². The van der Waals surface area contributed by atoms with Crippen molar-refractivity contribution in [2.45, 2.75) is 38.5 Å². The van der Waals surface area contributed by atoms with Gasteiger partial charge in [0.15, 0.2) is 0 Å². The number of hydrogen-bond acceptors (Lipinski definition) is 7. The first-order valence-electron chi connectivity index (χ1n) is 10.6. The smallest absolute Gasteiger partial charge is 0.409 e. The quantitative estimate of drug-likeness (QED) is 0.641. The molecule has 0 saturated carbocycles. The number of carbonyl (C=O) groups is 2. The van der Waals surface area contributed by atoms with E-state index >= 15 is 0 Å². The van der Waals surface area contributed by atoms with Gasteiger partial charge in [-0.25, -0.2) is 9.78 Å². The van der Waals surface area contributed by atoms with Crippen LogP contribution in [-0.4, -0.2) is 64.7 Å². The minimum atomic E-state index is -1.43. The van der Waals surface area contributed by atoms with Gasteiger partial charge in [-0.15, -0.1) is 0 Å². The van der Waals surface area contributed by atoms with Gasteiger partial charge in [-0.05, 0) is 44.9 Å². The van der Waals surface area contributed by atoms with Gasteiger partial charge in [-0.1, -0.05) is 6.07 Å². The molecule has 10 heteroatoms. The molecule has 2 amide bonds. The number of aromatic nitrogens is 1. The molecule has 32 heavy (non-hydrogen) atoms. The maximum atomic E-state index is 12.6. The van der Waals surface area contributed by atoms with E-state index in [0.717, 1.165) is 5.56 Å².